The van der Waals surface area contributed by atoms with Gasteiger partial charge in [-0.2, -0.15) is 4.98 Å². The maximum atomic E-state index is 15.2. The van der Waals surface area contributed by atoms with Gasteiger partial charge in [0, 0.05) is 6.54 Å². The number of nitrogens with one attached hydrogen (secondary N) is 1. The average molecular weight is 495 g/mol. The molecule has 0 amide bonds. The van der Waals surface area contributed by atoms with E-state index in [4.69, 9.17) is 4.74 Å². The van der Waals surface area contributed by atoms with E-state index >= 15 is 4.39 Å². The van der Waals surface area contributed by atoms with Crippen molar-refractivity contribution in [3.05, 3.63) is 35.8 Å². The number of methoxy groups -OCH3 is 1. The summed E-state index contributed by atoms with van der Waals surface area (Å²) in [4.78, 5) is 9.79. The van der Waals surface area contributed by atoms with E-state index in [0.717, 1.165) is 16.8 Å². The van der Waals surface area contributed by atoms with Crippen LogP contribution in [-0.2, 0) is 6.54 Å². The molecule has 0 radical (unpaired) electrons. The Labute approximate surface area is 196 Å². The quantitative estimate of drug-likeness (QED) is 0.412. The van der Waals surface area contributed by atoms with Crippen LogP contribution in [0.15, 0.2) is 18.3 Å². The molecule has 1 aliphatic rings. The number of likely N-dealkylation sites (N-methyl/N-ethyl adjacent to an activating group) is 1. The van der Waals surface area contributed by atoms with Crippen LogP contribution in [0.2, 0.25) is 0 Å². The van der Waals surface area contributed by atoms with Crippen LogP contribution in [-0.4, -0.2) is 74.9 Å². The van der Waals surface area contributed by atoms with Crippen molar-refractivity contribution in [3.8, 4) is 17.0 Å². The molecule has 1 aliphatic heterocycles. The Bertz CT molecular complexity index is 1430. The number of rotatable bonds is 6. The highest BCUT2D eigenvalue weighted by molar-refractivity contribution is 5.90. The second kappa shape index (κ2) is 8.33. The molecular weight excluding hydrogens is 473 g/mol. The largest absolute Gasteiger partial charge is 0.479 e. The predicted molar refractivity (Wildman–Crippen MR) is 119 cm³/mol. The summed E-state index contributed by atoms with van der Waals surface area (Å²) in [5.74, 6) is -4.32. The molecule has 0 aliphatic carbocycles. The molecule has 8 nitrogen and oxygen atoms in total. The highest BCUT2D eigenvalue weighted by Crippen LogP contribution is 2.37. The zero-order valence-corrected chi connectivity index (χ0v) is 19.1. The average Bonchev–Trinajstić information content (AvgIpc) is 3.37. The van der Waals surface area contributed by atoms with Crippen LogP contribution in [0.4, 0.5) is 27.9 Å². The van der Waals surface area contributed by atoms with Crippen molar-refractivity contribution in [2.45, 2.75) is 25.4 Å². The third-order valence-electron chi connectivity index (χ3n) is 6.13. The first-order valence-corrected chi connectivity index (χ1v) is 10.8. The molecule has 0 bridgehead atoms. The van der Waals surface area contributed by atoms with Crippen LogP contribution >= 0.6 is 0 Å². The number of hydrogen-bond donors (Lipinski definition) is 1. The van der Waals surface area contributed by atoms with E-state index in [1.807, 2.05) is 0 Å². The Balaban J connectivity index is 1.64. The lowest BCUT2D eigenvalue weighted by atomic mass is 10.1. The highest BCUT2D eigenvalue weighted by atomic mass is 19.3. The smallest absolute Gasteiger partial charge is 0.281 e. The lowest BCUT2D eigenvalue weighted by Crippen LogP contribution is -2.38. The predicted octanol–water partition coefficient (Wildman–Crippen LogP) is 3.67. The molecule has 1 atom stereocenters. The molecular formula is C22H22F5N7O. The lowest BCUT2D eigenvalue weighted by Gasteiger charge is -2.19. The van der Waals surface area contributed by atoms with Crippen molar-refractivity contribution >= 4 is 22.5 Å². The van der Waals surface area contributed by atoms with Gasteiger partial charge in [-0.1, -0.05) is 0 Å². The van der Waals surface area contributed by atoms with Gasteiger partial charge in [0.05, 0.1) is 37.5 Å². The Kier molecular flexibility index (Phi) is 5.54. The van der Waals surface area contributed by atoms with Crippen molar-refractivity contribution in [1.29, 1.82) is 0 Å². The van der Waals surface area contributed by atoms with Gasteiger partial charge >= 0.3 is 0 Å². The van der Waals surface area contributed by atoms with Gasteiger partial charge in [0.25, 0.3) is 5.92 Å². The number of anilines is 1. The molecule has 5 rings (SSSR count). The van der Waals surface area contributed by atoms with E-state index in [1.54, 1.807) is 14.0 Å². The van der Waals surface area contributed by atoms with E-state index in [1.165, 1.54) is 22.6 Å². The molecule has 4 aromatic rings. The van der Waals surface area contributed by atoms with E-state index in [0.29, 0.717) is 11.3 Å². The second-order valence-corrected chi connectivity index (χ2v) is 8.57. The first kappa shape index (κ1) is 23.3. The van der Waals surface area contributed by atoms with Gasteiger partial charge in [0.2, 0.25) is 11.8 Å². The number of imidazole rings is 1. The summed E-state index contributed by atoms with van der Waals surface area (Å²) in [6.07, 6.45) is 1.03. The first-order chi connectivity index (χ1) is 16.6. The van der Waals surface area contributed by atoms with Crippen LogP contribution in [0.1, 0.15) is 5.82 Å². The van der Waals surface area contributed by atoms with E-state index in [2.05, 4.69) is 20.4 Å². The lowest BCUT2D eigenvalue weighted by molar-refractivity contribution is 0.00583. The van der Waals surface area contributed by atoms with Gasteiger partial charge < -0.3 is 14.6 Å². The molecule has 4 heterocycles. The van der Waals surface area contributed by atoms with E-state index in [-0.39, 0.29) is 47.1 Å². The van der Waals surface area contributed by atoms with E-state index in [9.17, 15) is 17.6 Å². The van der Waals surface area contributed by atoms with Crippen LogP contribution in [0.3, 0.4) is 0 Å². The summed E-state index contributed by atoms with van der Waals surface area (Å²) >= 11 is 0. The van der Waals surface area contributed by atoms with Crippen molar-refractivity contribution < 1.29 is 26.7 Å². The molecule has 13 heteroatoms. The maximum Gasteiger partial charge on any atom is 0.281 e. The summed E-state index contributed by atoms with van der Waals surface area (Å²) in [6.45, 7) is 0.549. The molecule has 0 saturated carbocycles. The summed E-state index contributed by atoms with van der Waals surface area (Å²) < 4.78 is 79.7. The maximum absolute atomic E-state index is 15.2. The van der Waals surface area contributed by atoms with Crippen molar-refractivity contribution in [2.24, 2.45) is 0 Å². The number of ether oxygens (including phenoxy) is 1. The second-order valence-electron chi connectivity index (χ2n) is 8.57. The van der Waals surface area contributed by atoms with Crippen LogP contribution < -0.4 is 10.1 Å². The third kappa shape index (κ3) is 3.83. The molecule has 35 heavy (non-hydrogen) atoms. The normalized spacial score (nSPS) is 18.1. The van der Waals surface area contributed by atoms with Gasteiger partial charge in [-0.15, -0.1) is 5.10 Å². The molecule has 1 unspecified atom stereocenters. The van der Waals surface area contributed by atoms with Gasteiger partial charge in [0.1, 0.15) is 29.6 Å². The fraction of sp³-hybridized carbons (Fsp3) is 0.409. The summed E-state index contributed by atoms with van der Waals surface area (Å²) in [7, 11) is 2.87. The fourth-order valence-corrected chi connectivity index (χ4v) is 4.60. The van der Waals surface area contributed by atoms with Crippen molar-refractivity contribution in [2.75, 3.05) is 39.2 Å². The van der Waals surface area contributed by atoms with Gasteiger partial charge in [0.15, 0.2) is 11.6 Å². The number of likely N-dealkylation sites (tertiary alicyclic amines) is 1. The first-order valence-electron chi connectivity index (χ1n) is 10.8. The van der Waals surface area contributed by atoms with Crippen molar-refractivity contribution in [1.82, 2.24) is 29.0 Å². The number of benzene rings is 1. The highest BCUT2D eigenvalue weighted by Gasteiger charge is 2.47. The number of nitrogens with zero attached hydrogens (tertiary/aromatic N) is 6. The topological polar surface area (TPSA) is 72.5 Å². The van der Waals surface area contributed by atoms with E-state index < -0.39 is 36.8 Å². The zero-order valence-electron chi connectivity index (χ0n) is 19.1. The van der Waals surface area contributed by atoms with Gasteiger partial charge in [-0.25, -0.2) is 31.5 Å². The van der Waals surface area contributed by atoms with Gasteiger partial charge in [-0.3, -0.25) is 4.90 Å². The fourth-order valence-electron chi connectivity index (χ4n) is 4.60. The van der Waals surface area contributed by atoms with Crippen molar-refractivity contribution in [3.63, 3.8) is 0 Å². The molecule has 186 valence electrons. The summed E-state index contributed by atoms with van der Waals surface area (Å²) in [5, 5.41) is 6.75. The third-order valence-corrected chi connectivity index (χ3v) is 6.13. The minimum absolute atomic E-state index is 0.0351. The monoisotopic (exact) mass is 495 g/mol. The Morgan fingerprint density at radius 2 is 1.97 bits per heavy atom. The molecule has 1 saturated heterocycles. The molecule has 1 N–H and O–H groups in total. The number of alkyl halides is 3. The number of halogens is 5. The number of fused-ring (bicyclic) bond motifs is 2. The minimum Gasteiger partial charge on any atom is -0.479 e. The molecule has 3 aromatic heterocycles. The minimum atomic E-state index is -3.01. The molecule has 1 fully saturated rings. The van der Waals surface area contributed by atoms with Crippen LogP contribution in [0.5, 0.6) is 5.88 Å². The van der Waals surface area contributed by atoms with Crippen LogP contribution in [0, 0.1) is 18.6 Å². The number of aryl methyl sites for hydroxylation is 2. The summed E-state index contributed by atoms with van der Waals surface area (Å²) in [6, 6.07) is 1.38. The summed E-state index contributed by atoms with van der Waals surface area (Å²) in [5.41, 5.74) is 0.519. The SMILES string of the molecule is COc1nc(NC2CN(C)CC2(F)F)nn2cc(F)c(-c3cc(F)c4nc(C)n(CCF)c4c3)c12. The zero-order chi connectivity index (χ0) is 25.1. The number of hydrogen-bond acceptors (Lipinski definition) is 6. The van der Waals surface area contributed by atoms with Gasteiger partial charge in [-0.05, 0) is 31.7 Å². The Morgan fingerprint density at radius 1 is 1.20 bits per heavy atom. The molecule has 0 spiro atoms. The van der Waals surface area contributed by atoms with Crippen LogP contribution in [0.25, 0.3) is 27.7 Å². The Hall–Kier alpha value is -3.48. The standard InChI is InChI=1S/C22H22F5N7O/c1-11-28-18-13(24)6-12(7-15(18)33(11)5-4-23)17-14(25)8-34-19(17)20(35-3)30-21(31-34)29-16-9-32(2)10-22(16,26)27/h6-8,16H,4-5,9-10H2,1-3H3,(H,29,31). The molecule has 1 aromatic carbocycles. The number of aromatic nitrogens is 5. The Morgan fingerprint density at radius 3 is 2.63 bits per heavy atom.